The van der Waals surface area contributed by atoms with Gasteiger partial charge in [-0.3, -0.25) is 0 Å². The maximum atomic E-state index is 13.5. The molecule has 17 heavy (non-hydrogen) atoms. The van der Waals surface area contributed by atoms with Gasteiger partial charge in [-0.15, -0.1) is 0 Å². The Morgan fingerprint density at radius 1 is 1.18 bits per heavy atom. The molecule has 0 aromatic heterocycles. The molecule has 0 aliphatic heterocycles. The van der Waals surface area contributed by atoms with E-state index in [-0.39, 0.29) is 11.7 Å². The van der Waals surface area contributed by atoms with E-state index in [1.54, 1.807) is 0 Å². The molecule has 0 aliphatic rings. The molecule has 0 aliphatic carbocycles. The average Bonchev–Trinajstić information content (AvgIpc) is 2.26. The topological polar surface area (TPSA) is 12.0 Å². The second-order valence-electron chi connectivity index (χ2n) is 3.85. The Bertz CT molecular complexity index is 369. The van der Waals surface area contributed by atoms with Gasteiger partial charge in [0.1, 0.15) is 5.82 Å². The average molecular weight is 249 g/mol. The molecule has 0 bridgehead atoms. The predicted octanol–water partition coefficient (Wildman–Crippen LogP) is 4.45. The SMILES string of the molecule is CCC(CC)Nc1ccc(C(F)(F)F)cc1F. The van der Waals surface area contributed by atoms with E-state index in [1.165, 1.54) is 0 Å². The van der Waals surface area contributed by atoms with E-state index in [4.69, 9.17) is 0 Å². The summed E-state index contributed by atoms with van der Waals surface area (Å²) in [6.07, 6.45) is -2.93. The van der Waals surface area contributed by atoms with Gasteiger partial charge in [-0.2, -0.15) is 13.2 Å². The van der Waals surface area contributed by atoms with Crippen molar-refractivity contribution in [2.75, 3.05) is 5.32 Å². The first-order valence-electron chi connectivity index (χ1n) is 5.51. The zero-order chi connectivity index (χ0) is 13.1. The van der Waals surface area contributed by atoms with Gasteiger partial charge in [-0.25, -0.2) is 4.39 Å². The summed E-state index contributed by atoms with van der Waals surface area (Å²) in [6.45, 7) is 3.87. The Hall–Kier alpha value is -1.26. The van der Waals surface area contributed by atoms with Gasteiger partial charge in [0.2, 0.25) is 0 Å². The number of rotatable bonds is 4. The molecule has 0 atom stereocenters. The van der Waals surface area contributed by atoms with E-state index in [1.807, 2.05) is 13.8 Å². The lowest BCUT2D eigenvalue weighted by Gasteiger charge is -2.17. The zero-order valence-electron chi connectivity index (χ0n) is 9.74. The highest BCUT2D eigenvalue weighted by Crippen LogP contribution is 2.31. The van der Waals surface area contributed by atoms with E-state index < -0.39 is 17.6 Å². The lowest BCUT2D eigenvalue weighted by atomic mass is 10.1. The first kappa shape index (κ1) is 13.8. The van der Waals surface area contributed by atoms with Gasteiger partial charge in [-0.05, 0) is 31.0 Å². The summed E-state index contributed by atoms with van der Waals surface area (Å²) in [5.74, 6) is -0.869. The molecule has 0 radical (unpaired) electrons. The lowest BCUT2D eigenvalue weighted by Crippen LogP contribution is -2.18. The number of nitrogens with one attached hydrogen (secondary N) is 1. The summed E-state index contributed by atoms with van der Waals surface area (Å²) in [5.41, 5.74) is -0.850. The molecule has 0 spiro atoms. The van der Waals surface area contributed by atoms with Crippen molar-refractivity contribution in [2.45, 2.75) is 38.9 Å². The Balaban J connectivity index is 2.90. The van der Waals surface area contributed by atoms with Crippen LogP contribution in [0.1, 0.15) is 32.3 Å². The van der Waals surface area contributed by atoms with Gasteiger partial charge in [0.15, 0.2) is 0 Å². The van der Waals surface area contributed by atoms with Crippen molar-refractivity contribution < 1.29 is 17.6 Å². The molecule has 96 valence electrons. The number of hydrogen-bond acceptors (Lipinski definition) is 1. The Kier molecular flexibility index (Phi) is 4.37. The Morgan fingerprint density at radius 3 is 2.18 bits per heavy atom. The zero-order valence-corrected chi connectivity index (χ0v) is 9.74. The van der Waals surface area contributed by atoms with Gasteiger partial charge in [0.05, 0.1) is 11.3 Å². The molecule has 1 aromatic carbocycles. The maximum absolute atomic E-state index is 13.5. The fourth-order valence-electron chi connectivity index (χ4n) is 1.52. The van der Waals surface area contributed by atoms with Crippen molar-refractivity contribution in [1.82, 2.24) is 0 Å². The lowest BCUT2D eigenvalue weighted by molar-refractivity contribution is -0.137. The van der Waals surface area contributed by atoms with Crippen molar-refractivity contribution in [3.8, 4) is 0 Å². The third-order valence-corrected chi connectivity index (χ3v) is 2.64. The minimum absolute atomic E-state index is 0.0706. The standard InChI is InChI=1S/C12H15F4N/c1-3-9(4-2)17-11-6-5-8(7-10(11)13)12(14,15)16/h5-7,9,17H,3-4H2,1-2H3. The summed E-state index contributed by atoms with van der Waals surface area (Å²) in [5, 5.41) is 2.88. The molecule has 5 heteroatoms. The largest absolute Gasteiger partial charge is 0.416 e. The number of hydrogen-bond donors (Lipinski definition) is 1. The van der Waals surface area contributed by atoms with Gasteiger partial charge in [-0.1, -0.05) is 13.8 Å². The molecule has 0 heterocycles. The fraction of sp³-hybridized carbons (Fsp3) is 0.500. The van der Waals surface area contributed by atoms with Crippen molar-refractivity contribution in [2.24, 2.45) is 0 Å². The van der Waals surface area contributed by atoms with Crippen LogP contribution in [-0.2, 0) is 6.18 Å². The molecule has 0 unspecified atom stereocenters. The van der Waals surface area contributed by atoms with E-state index >= 15 is 0 Å². The van der Waals surface area contributed by atoms with Crippen LogP contribution in [0.4, 0.5) is 23.2 Å². The highest BCUT2D eigenvalue weighted by Gasteiger charge is 2.31. The van der Waals surface area contributed by atoms with Crippen LogP contribution in [0.2, 0.25) is 0 Å². The monoisotopic (exact) mass is 249 g/mol. The summed E-state index contributed by atoms with van der Waals surface area (Å²) < 4.78 is 50.4. The van der Waals surface area contributed by atoms with Crippen LogP contribution < -0.4 is 5.32 Å². The second-order valence-corrected chi connectivity index (χ2v) is 3.85. The van der Waals surface area contributed by atoms with Crippen LogP contribution in [-0.4, -0.2) is 6.04 Å². The smallest absolute Gasteiger partial charge is 0.380 e. The molecule has 1 N–H and O–H groups in total. The molecular formula is C12H15F4N. The van der Waals surface area contributed by atoms with Crippen LogP contribution >= 0.6 is 0 Å². The van der Waals surface area contributed by atoms with E-state index in [0.29, 0.717) is 6.07 Å². The minimum atomic E-state index is -4.51. The van der Waals surface area contributed by atoms with Crippen LogP contribution in [0.5, 0.6) is 0 Å². The van der Waals surface area contributed by atoms with Gasteiger partial charge in [0, 0.05) is 6.04 Å². The summed E-state index contributed by atoms with van der Waals surface area (Å²) in [7, 11) is 0. The number of halogens is 4. The molecule has 1 rings (SSSR count). The third-order valence-electron chi connectivity index (χ3n) is 2.64. The number of benzene rings is 1. The highest BCUT2D eigenvalue weighted by molar-refractivity contribution is 5.47. The van der Waals surface area contributed by atoms with Crippen LogP contribution in [0.3, 0.4) is 0 Å². The molecule has 1 nitrogen and oxygen atoms in total. The molecular weight excluding hydrogens is 234 g/mol. The van der Waals surface area contributed by atoms with Crippen molar-refractivity contribution in [1.29, 1.82) is 0 Å². The van der Waals surface area contributed by atoms with Crippen molar-refractivity contribution >= 4 is 5.69 Å². The number of anilines is 1. The van der Waals surface area contributed by atoms with Gasteiger partial charge < -0.3 is 5.32 Å². The quantitative estimate of drug-likeness (QED) is 0.777. The first-order chi connectivity index (χ1) is 7.88. The minimum Gasteiger partial charge on any atom is -0.380 e. The molecule has 1 aromatic rings. The van der Waals surface area contributed by atoms with E-state index in [0.717, 1.165) is 25.0 Å². The summed E-state index contributed by atoms with van der Waals surface area (Å²) in [6, 6.07) is 2.61. The van der Waals surface area contributed by atoms with E-state index in [9.17, 15) is 17.6 Å². The van der Waals surface area contributed by atoms with Crippen LogP contribution in [0.25, 0.3) is 0 Å². The highest BCUT2D eigenvalue weighted by atomic mass is 19.4. The molecule has 0 saturated heterocycles. The molecule has 0 saturated carbocycles. The summed E-state index contributed by atoms with van der Waals surface area (Å²) >= 11 is 0. The maximum Gasteiger partial charge on any atom is 0.416 e. The van der Waals surface area contributed by atoms with Crippen molar-refractivity contribution in [3.05, 3.63) is 29.6 Å². The number of alkyl halides is 3. The van der Waals surface area contributed by atoms with E-state index in [2.05, 4.69) is 5.32 Å². The third kappa shape index (κ3) is 3.61. The van der Waals surface area contributed by atoms with Crippen LogP contribution in [0, 0.1) is 5.82 Å². The Labute approximate surface area is 97.8 Å². The molecule has 0 fully saturated rings. The summed E-state index contributed by atoms with van der Waals surface area (Å²) in [4.78, 5) is 0. The second kappa shape index (κ2) is 5.38. The van der Waals surface area contributed by atoms with Gasteiger partial charge in [0.25, 0.3) is 0 Å². The Morgan fingerprint density at radius 2 is 1.76 bits per heavy atom. The first-order valence-corrected chi connectivity index (χ1v) is 5.51. The fourth-order valence-corrected chi connectivity index (χ4v) is 1.52. The van der Waals surface area contributed by atoms with Crippen molar-refractivity contribution in [3.63, 3.8) is 0 Å². The van der Waals surface area contributed by atoms with Crippen LogP contribution in [0.15, 0.2) is 18.2 Å². The normalized spacial score (nSPS) is 11.9. The molecule has 0 amide bonds. The van der Waals surface area contributed by atoms with Gasteiger partial charge >= 0.3 is 6.18 Å². The predicted molar refractivity (Wildman–Crippen MR) is 59.4 cm³/mol.